The molecule has 0 aromatic heterocycles. The van der Waals surface area contributed by atoms with Crippen molar-refractivity contribution in [2.75, 3.05) is 19.8 Å². The molecule has 0 bridgehead atoms. The maximum atomic E-state index is 12.3. The van der Waals surface area contributed by atoms with E-state index in [4.69, 9.17) is 26.8 Å². The van der Waals surface area contributed by atoms with Crippen molar-refractivity contribution in [1.29, 1.82) is 0 Å². The van der Waals surface area contributed by atoms with E-state index in [0.717, 1.165) is 19.3 Å². The van der Waals surface area contributed by atoms with Gasteiger partial charge in [0.05, 0.1) is 16.7 Å². The summed E-state index contributed by atoms with van der Waals surface area (Å²) in [6, 6.07) is 3.32. The van der Waals surface area contributed by atoms with Crippen LogP contribution in [0.25, 0.3) is 0 Å². The van der Waals surface area contributed by atoms with Crippen molar-refractivity contribution in [3.8, 4) is 11.5 Å². The highest BCUT2D eigenvalue weighted by molar-refractivity contribution is 6.32. The lowest BCUT2D eigenvalue weighted by atomic mass is 9.82. The van der Waals surface area contributed by atoms with E-state index in [1.165, 1.54) is 0 Å². The molecule has 1 heterocycles. The van der Waals surface area contributed by atoms with E-state index in [9.17, 15) is 9.90 Å². The summed E-state index contributed by atoms with van der Waals surface area (Å²) in [5.74, 6) is 0.799. The van der Waals surface area contributed by atoms with Gasteiger partial charge in [0.2, 0.25) is 5.91 Å². The Balaban J connectivity index is 1.63. The SMILES string of the molecule is NC1(C(=O)NCC(O)c2cc(Cl)c3c(c2)OCCO3)CCCCC1. The van der Waals surface area contributed by atoms with Gasteiger partial charge in [-0.2, -0.15) is 0 Å². The number of fused-ring (bicyclic) bond motifs is 1. The molecule has 4 N–H and O–H groups in total. The Morgan fingerprint density at radius 1 is 1.29 bits per heavy atom. The molecule has 0 saturated heterocycles. The molecule has 0 spiro atoms. The van der Waals surface area contributed by atoms with Crippen molar-refractivity contribution >= 4 is 17.5 Å². The van der Waals surface area contributed by atoms with Gasteiger partial charge in [-0.25, -0.2) is 0 Å². The Labute approximate surface area is 146 Å². The van der Waals surface area contributed by atoms with Crippen molar-refractivity contribution < 1.29 is 19.4 Å². The second-order valence-electron chi connectivity index (χ2n) is 6.47. The van der Waals surface area contributed by atoms with Gasteiger partial charge < -0.3 is 25.6 Å². The molecule has 6 nitrogen and oxygen atoms in total. The van der Waals surface area contributed by atoms with Gasteiger partial charge in [-0.3, -0.25) is 4.79 Å². The van der Waals surface area contributed by atoms with Gasteiger partial charge in [-0.15, -0.1) is 0 Å². The lowest BCUT2D eigenvalue weighted by Crippen LogP contribution is -2.55. The first-order valence-corrected chi connectivity index (χ1v) is 8.72. The van der Waals surface area contributed by atoms with Gasteiger partial charge in [0.15, 0.2) is 11.5 Å². The number of hydrogen-bond acceptors (Lipinski definition) is 5. The summed E-state index contributed by atoms with van der Waals surface area (Å²) in [5.41, 5.74) is 5.94. The van der Waals surface area contributed by atoms with Gasteiger partial charge in [-0.1, -0.05) is 30.9 Å². The van der Waals surface area contributed by atoms with Crippen LogP contribution in [0.1, 0.15) is 43.8 Å². The third-order valence-corrected chi connectivity index (χ3v) is 4.94. The number of hydrogen-bond donors (Lipinski definition) is 3. The van der Waals surface area contributed by atoms with Gasteiger partial charge in [-0.05, 0) is 30.5 Å². The molecule has 1 atom stereocenters. The summed E-state index contributed by atoms with van der Waals surface area (Å²) in [6.45, 7) is 0.965. The monoisotopic (exact) mass is 354 g/mol. The molecule has 1 aromatic rings. The van der Waals surface area contributed by atoms with Crippen LogP contribution < -0.4 is 20.5 Å². The van der Waals surface area contributed by atoms with Crippen molar-refractivity contribution in [1.82, 2.24) is 5.32 Å². The van der Waals surface area contributed by atoms with E-state index in [1.54, 1.807) is 12.1 Å². The minimum atomic E-state index is -0.894. The Morgan fingerprint density at radius 2 is 2.00 bits per heavy atom. The largest absolute Gasteiger partial charge is 0.486 e. The number of ether oxygens (including phenoxy) is 2. The lowest BCUT2D eigenvalue weighted by molar-refractivity contribution is -0.128. The Kier molecular flexibility index (Phi) is 5.18. The fourth-order valence-electron chi connectivity index (χ4n) is 3.22. The van der Waals surface area contributed by atoms with Gasteiger partial charge in [0.1, 0.15) is 13.2 Å². The molecule has 0 radical (unpaired) electrons. The molecule has 1 amide bonds. The number of benzene rings is 1. The van der Waals surface area contributed by atoms with Crippen molar-refractivity contribution in [3.05, 3.63) is 22.7 Å². The Morgan fingerprint density at radius 3 is 2.75 bits per heavy atom. The van der Waals surface area contributed by atoms with Crippen LogP contribution >= 0.6 is 11.6 Å². The van der Waals surface area contributed by atoms with E-state index in [1.807, 2.05) is 0 Å². The molecule has 1 saturated carbocycles. The predicted molar refractivity (Wildman–Crippen MR) is 90.4 cm³/mol. The number of nitrogens with two attached hydrogens (primary N) is 1. The van der Waals surface area contributed by atoms with E-state index >= 15 is 0 Å². The molecular formula is C17H23ClN2O4. The molecule has 2 aliphatic rings. The van der Waals surface area contributed by atoms with Crippen LogP contribution in [-0.2, 0) is 4.79 Å². The summed E-state index contributed by atoms with van der Waals surface area (Å²) in [6.07, 6.45) is 3.52. The van der Waals surface area contributed by atoms with Crippen LogP contribution in [0.15, 0.2) is 12.1 Å². The van der Waals surface area contributed by atoms with Gasteiger partial charge in [0.25, 0.3) is 0 Å². The molecule has 132 valence electrons. The second kappa shape index (κ2) is 7.17. The highest BCUT2D eigenvalue weighted by Crippen LogP contribution is 2.39. The first-order valence-electron chi connectivity index (χ1n) is 8.34. The molecule has 1 unspecified atom stereocenters. The van der Waals surface area contributed by atoms with Crippen LogP contribution in [0.5, 0.6) is 11.5 Å². The zero-order chi connectivity index (χ0) is 17.2. The van der Waals surface area contributed by atoms with E-state index < -0.39 is 11.6 Å². The van der Waals surface area contributed by atoms with Crippen LogP contribution in [0.3, 0.4) is 0 Å². The highest BCUT2D eigenvalue weighted by Gasteiger charge is 2.35. The molecule has 24 heavy (non-hydrogen) atoms. The van der Waals surface area contributed by atoms with Crippen molar-refractivity contribution in [2.24, 2.45) is 5.73 Å². The topological polar surface area (TPSA) is 93.8 Å². The van der Waals surface area contributed by atoms with Gasteiger partial charge in [0, 0.05) is 6.54 Å². The molecule has 1 fully saturated rings. The molecular weight excluding hydrogens is 332 g/mol. The molecule has 1 aliphatic carbocycles. The molecule has 7 heteroatoms. The highest BCUT2D eigenvalue weighted by atomic mass is 35.5. The van der Waals surface area contributed by atoms with Crippen LogP contribution in [0.2, 0.25) is 5.02 Å². The number of nitrogens with one attached hydrogen (secondary N) is 1. The average molecular weight is 355 g/mol. The van der Waals surface area contributed by atoms with Crippen LogP contribution in [0, 0.1) is 0 Å². The predicted octanol–water partition coefficient (Wildman–Crippen LogP) is 1.92. The Hall–Kier alpha value is -1.50. The fourth-order valence-corrected chi connectivity index (χ4v) is 3.49. The second-order valence-corrected chi connectivity index (χ2v) is 6.88. The number of amides is 1. The summed E-state index contributed by atoms with van der Waals surface area (Å²) in [7, 11) is 0. The third-order valence-electron chi connectivity index (χ3n) is 4.66. The smallest absolute Gasteiger partial charge is 0.240 e. The van der Waals surface area contributed by atoms with E-state index in [-0.39, 0.29) is 12.5 Å². The summed E-state index contributed by atoms with van der Waals surface area (Å²) in [4.78, 5) is 12.3. The summed E-state index contributed by atoms with van der Waals surface area (Å²) in [5, 5.41) is 13.5. The first-order chi connectivity index (χ1) is 11.5. The minimum absolute atomic E-state index is 0.0771. The molecule has 1 aromatic carbocycles. The Bertz CT molecular complexity index is 617. The van der Waals surface area contributed by atoms with Crippen molar-refractivity contribution in [2.45, 2.75) is 43.7 Å². The zero-order valence-corrected chi connectivity index (χ0v) is 14.3. The lowest BCUT2D eigenvalue weighted by Gasteiger charge is -2.32. The third kappa shape index (κ3) is 3.61. The standard InChI is InChI=1S/C17H23ClN2O4/c18-12-8-11(9-14-15(12)24-7-6-23-14)13(21)10-20-16(22)17(19)4-2-1-3-5-17/h8-9,13,21H,1-7,10,19H2,(H,20,22). The number of carbonyl (C=O) groups is 1. The summed E-state index contributed by atoms with van der Waals surface area (Å²) >= 11 is 6.17. The van der Waals surface area contributed by atoms with Crippen LogP contribution in [0.4, 0.5) is 0 Å². The fraction of sp³-hybridized carbons (Fsp3) is 0.588. The van der Waals surface area contributed by atoms with E-state index in [0.29, 0.717) is 48.1 Å². The molecule has 1 aliphatic heterocycles. The van der Waals surface area contributed by atoms with Crippen LogP contribution in [-0.4, -0.2) is 36.3 Å². The number of halogens is 1. The summed E-state index contributed by atoms with van der Waals surface area (Å²) < 4.78 is 11.0. The average Bonchev–Trinajstić information content (AvgIpc) is 2.60. The zero-order valence-electron chi connectivity index (χ0n) is 13.5. The van der Waals surface area contributed by atoms with Gasteiger partial charge >= 0.3 is 0 Å². The molecule has 3 rings (SSSR count). The number of aliphatic hydroxyl groups excluding tert-OH is 1. The number of rotatable bonds is 4. The minimum Gasteiger partial charge on any atom is -0.486 e. The first kappa shape index (κ1) is 17.3. The van der Waals surface area contributed by atoms with E-state index in [2.05, 4.69) is 5.32 Å². The maximum Gasteiger partial charge on any atom is 0.240 e. The quantitative estimate of drug-likeness (QED) is 0.768. The van der Waals surface area contributed by atoms with Crippen molar-refractivity contribution in [3.63, 3.8) is 0 Å². The maximum absolute atomic E-state index is 12.3. The number of aliphatic hydroxyl groups is 1. The number of carbonyl (C=O) groups excluding carboxylic acids is 1. The normalized spacial score (nSPS) is 20.3.